The van der Waals surface area contributed by atoms with Gasteiger partial charge in [0.15, 0.2) is 0 Å². The Morgan fingerprint density at radius 1 is 1.04 bits per heavy atom. The zero-order chi connectivity index (χ0) is 15.6. The van der Waals surface area contributed by atoms with Crippen molar-refractivity contribution in [1.29, 1.82) is 0 Å². The summed E-state index contributed by atoms with van der Waals surface area (Å²) in [7, 11) is 0. The summed E-state index contributed by atoms with van der Waals surface area (Å²) in [5.74, 6) is 1.65. The maximum atomic E-state index is 12.5. The number of rotatable bonds is 4. The maximum absolute atomic E-state index is 12.5. The Balaban J connectivity index is 1.29. The molecule has 1 aromatic heterocycles. The molecule has 1 aromatic rings. The molecule has 5 heteroatoms. The molecule has 23 heavy (non-hydrogen) atoms. The van der Waals surface area contributed by atoms with Gasteiger partial charge in [-0.05, 0) is 62.2 Å². The lowest BCUT2D eigenvalue weighted by Gasteiger charge is -2.35. The molecule has 0 N–H and O–H groups in total. The molecule has 3 aliphatic heterocycles. The van der Waals surface area contributed by atoms with Crippen molar-refractivity contribution in [3.8, 4) is 0 Å². The van der Waals surface area contributed by atoms with E-state index in [0.717, 1.165) is 24.6 Å². The van der Waals surface area contributed by atoms with Crippen molar-refractivity contribution in [2.24, 2.45) is 11.8 Å². The topological polar surface area (TPSA) is 26.8 Å². The molecule has 0 spiro atoms. The number of likely N-dealkylation sites (tertiary alicyclic amines) is 3. The molecule has 3 fully saturated rings. The second-order valence-corrected chi connectivity index (χ2v) is 8.16. The quantitative estimate of drug-likeness (QED) is 0.845. The first-order valence-electron chi connectivity index (χ1n) is 9.06. The zero-order valence-electron chi connectivity index (χ0n) is 13.8. The van der Waals surface area contributed by atoms with Crippen molar-refractivity contribution in [3.05, 3.63) is 22.4 Å². The van der Waals surface area contributed by atoms with Gasteiger partial charge in [0.1, 0.15) is 0 Å². The lowest BCUT2D eigenvalue weighted by atomic mass is 9.89. The van der Waals surface area contributed by atoms with Gasteiger partial charge >= 0.3 is 0 Å². The van der Waals surface area contributed by atoms with Crippen LogP contribution in [0.15, 0.2) is 16.8 Å². The highest BCUT2D eigenvalue weighted by molar-refractivity contribution is 7.08. The molecule has 3 saturated heterocycles. The minimum absolute atomic E-state index is 0.240. The molecule has 0 saturated carbocycles. The van der Waals surface area contributed by atoms with Crippen LogP contribution in [0.1, 0.15) is 29.6 Å². The van der Waals surface area contributed by atoms with E-state index in [0.29, 0.717) is 5.92 Å². The largest absolute Gasteiger partial charge is 0.338 e. The average molecular weight is 334 g/mol. The van der Waals surface area contributed by atoms with E-state index in [2.05, 4.69) is 14.7 Å². The smallest absolute Gasteiger partial charge is 0.254 e. The summed E-state index contributed by atoms with van der Waals surface area (Å²) in [6.45, 7) is 9.36. The van der Waals surface area contributed by atoms with Gasteiger partial charge in [-0.25, -0.2) is 0 Å². The van der Waals surface area contributed by atoms with Crippen molar-refractivity contribution < 1.29 is 4.79 Å². The number of hydrogen-bond donors (Lipinski definition) is 0. The van der Waals surface area contributed by atoms with E-state index in [9.17, 15) is 4.79 Å². The van der Waals surface area contributed by atoms with Crippen molar-refractivity contribution in [2.45, 2.75) is 19.3 Å². The van der Waals surface area contributed by atoms with Gasteiger partial charge in [-0.2, -0.15) is 11.3 Å². The molecule has 126 valence electrons. The van der Waals surface area contributed by atoms with Crippen molar-refractivity contribution in [2.75, 3.05) is 52.4 Å². The Morgan fingerprint density at radius 3 is 2.61 bits per heavy atom. The third-order valence-corrected chi connectivity index (χ3v) is 6.55. The van der Waals surface area contributed by atoms with E-state index in [1.54, 1.807) is 11.3 Å². The van der Waals surface area contributed by atoms with E-state index in [1.807, 2.05) is 16.8 Å². The molecule has 0 radical (unpaired) electrons. The third-order valence-electron chi connectivity index (χ3n) is 5.87. The highest BCUT2D eigenvalue weighted by atomic mass is 32.1. The molecular formula is C18H27N3OS. The van der Waals surface area contributed by atoms with Crippen LogP contribution < -0.4 is 0 Å². The highest BCUT2D eigenvalue weighted by Crippen LogP contribution is 2.32. The first-order valence-corrected chi connectivity index (χ1v) is 10.00. The van der Waals surface area contributed by atoms with Crippen LogP contribution >= 0.6 is 11.3 Å². The second kappa shape index (κ2) is 6.91. The van der Waals surface area contributed by atoms with E-state index in [1.165, 1.54) is 58.5 Å². The minimum Gasteiger partial charge on any atom is -0.338 e. The molecule has 0 aliphatic carbocycles. The van der Waals surface area contributed by atoms with Crippen LogP contribution in [0, 0.1) is 11.8 Å². The first kappa shape index (κ1) is 15.6. The van der Waals surface area contributed by atoms with Gasteiger partial charge in [0.2, 0.25) is 0 Å². The Kier molecular flexibility index (Phi) is 4.69. The summed E-state index contributed by atoms with van der Waals surface area (Å²) in [5.41, 5.74) is 0.875. The Bertz CT molecular complexity index is 526. The van der Waals surface area contributed by atoms with Gasteiger partial charge in [-0.15, -0.1) is 0 Å². The summed E-state index contributed by atoms with van der Waals surface area (Å²) in [5, 5.41) is 3.98. The predicted octanol–water partition coefficient (Wildman–Crippen LogP) is 2.24. The summed E-state index contributed by atoms with van der Waals surface area (Å²) >= 11 is 1.61. The molecule has 2 atom stereocenters. The van der Waals surface area contributed by atoms with E-state index in [-0.39, 0.29) is 5.91 Å². The lowest BCUT2D eigenvalue weighted by molar-refractivity contribution is 0.0784. The second-order valence-electron chi connectivity index (χ2n) is 7.38. The number of carbonyl (C=O) groups is 1. The van der Waals surface area contributed by atoms with E-state index >= 15 is 0 Å². The van der Waals surface area contributed by atoms with E-state index in [4.69, 9.17) is 0 Å². The normalized spacial score (nSPS) is 29.1. The summed E-state index contributed by atoms with van der Waals surface area (Å²) in [6.07, 6.45) is 4.02. The molecule has 3 aliphatic rings. The van der Waals surface area contributed by atoms with Crippen LogP contribution in [-0.2, 0) is 0 Å². The Labute approximate surface area is 143 Å². The van der Waals surface area contributed by atoms with Crippen molar-refractivity contribution in [1.82, 2.24) is 14.7 Å². The number of fused-ring (bicyclic) bond motifs is 1. The fourth-order valence-electron chi connectivity index (χ4n) is 4.47. The third kappa shape index (κ3) is 3.47. The number of amides is 1. The van der Waals surface area contributed by atoms with Crippen LogP contribution in [0.2, 0.25) is 0 Å². The summed E-state index contributed by atoms with van der Waals surface area (Å²) < 4.78 is 0. The standard InChI is InChI=1S/C18H27N3OS/c22-18(16-4-10-23-14-16)21-12-15-3-7-20(11-17(15)13-21)9-8-19-5-1-2-6-19/h4,10,14-15,17H,1-3,5-9,11-13H2/t15-,17+/m0/s1. The van der Waals surface area contributed by atoms with Crippen LogP contribution in [0.3, 0.4) is 0 Å². The molecule has 4 rings (SSSR count). The highest BCUT2D eigenvalue weighted by Gasteiger charge is 2.38. The molecule has 4 nitrogen and oxygen atoms in total. The van der Waals surface area contributed by atoms with Crippen LogP contribution in [0.5, 0.6) is 0 Å². The van der Waals surface area contributed by atoms with E-state index < -0.39 is 0 Å². The number of piperidine rings is 1. The van der Waals surface area contributed by atoms with Gasteiger partial charge in [0, 0.05) is 38.1 Å². The molecule has 1 amide bonds. The molecule has 0 aromatic carbocycles. The SMILES string of the molecule is O=C(c1ccsc1)N1C[C@H]2CN(CCN3CCCC3)CC[C@H]2C1. The molecular weight excluding hydrogens is 306 g/mol. The van der Waals surface area contributed by atoms with Gasteiger partial charge in [-0.3, -0.25) is 4.79 Å². The monoisotopic (exact) mass is 333 g/mol. The lowest BCUT2D eigenvalue weighted by Crippen LogP contribution is -2.43. The number of carbonyl (C=O) groups excluding carboxylic acids is 1. The van der Waals surface area contributed by atoms with Gasteiger partial charge in [-0.1, -0.05) is 0 Å². The van der Waals surface area contributed by atoms with Crippen LogP contribution in [0.4, 0.5) is 0 Å². The maximum Gasteiger partial charge on any atom is 0.254 e. The summed E-state index contributed by atoms with van der Waals surface area (Å²) in [4.78, 5) is 19.9. The molecule has 0 bridgehead atoms. The average Bonchev–Trinajstić information content (AvgIpc) is 3.32. The van der Waals surface area contributed by atoms with Gasteiger partial charge in [0.25, 0.3) is 5.91 Å². The number of hydrogen-bond acceptors (Lipinski definition) is 4. The predicted molar refractivity (Wildman–Crippen MR) is 93.9 cm³/mol. The van der Waals surface area contributed by atoms with Crippen molar-refractivity contribution in [3.63, 3.8) is 0 Å². The zero-order valence-corrected chi connectivity index (χ0v) is 14.6. The van der Waals surface area contributed by atoms with Crippen molar-refractivity contribution >= 4 is 17.2 Å². The summed E-state index contributed by atoms with van der Waals surface area (Å²) in [6, 6.07) is 1.96. The van der Waals surface area contributed by atoms with Crippen LogP contribution in [-0.4, -0.2) is 73.0 Å². The van der Waals surface area contributed by atoms with Gasteiger partial charge < -0.3 is 14.7 Å². The number of thiophene rings is 1. The Morgan fingerprint density at radius 2 is 1.83 bits per heavy atom. The van der Waals surface area contributed by atoms with Crippen LogP contribution in [0.25, 0.3) is 0 Å². The fraction of sp³-hybridized carbons (Fsp3) is 0.722. The minimum atomic E-state index is 0.240. The first-order chi connectivity index (χ1) is 11.3. The number of nitrogens with zero attached hydrogens (tertiary/aromatic N) is 3. The molecule has 4 heterocycles. The Hall–Kier alpha value is -0.910. The van der Waals surface area contributed by atoms with Gasteiger partial charge in [0.05, 0.1) is 5.56 Å². The fourth-order valence-corrected chi connectivity index (χ4v) is 5.10. The molecule has 0 unspecified atom stereocenters.